The molecule has 0 radical (unpaired) electrons. The molecule has 1 aromatic heterocycles. The molecule has 3 N–H and O–H groups in total. The number of likely N-dealkylation sites (tertiary alicyclic amines) is 1. The summed E-state index contributed by atoms with van der Waals surface area (Å²) >= 11 is 0. The van der Waals surface area contributed by atoms with Gasteiger partial charge in [0.05, 0.1) is 29.8 Å². The SMILES string of the molecule is Cc1ncncc1N1CC[C@@H](CN2C[C@@H](O)C(O)[C@@H](O)C2)C1. The summed E-state index contributed by atoms with van der Waals surface area (Å²) in [4.78, 5) is 12.7. The van der Waals surface area contributed by atoms with Crippen LogP contribution in [0.1, 0.15) is 12.1 Å². The van der Waals surface area contributed by atoms with Gasteiger partial charge in [-0.15, -0.1) is 0 Å². The van der Waals surface area contributed by atoms with E-state index in [1.165, 1.54) is 0 Å². The topological polar surface area (TPSA) is 93.0 Å². The van der Waals surface area contributed by atoms with E-state index in [1.54, 1.807) is 6.33 Å². The van der Waals surface area contributed by atoms with Gasteiger partial charge >= 0.3 is 0 Å². The minimum atomic E-state index is -1.03. The van der Waals surface area contributed by atoms with Crippen molar-refractivity contribution in [2.75, 3.05) is 37.6 Å². The van der Waals surface area contributed by atoms with Gasteiger partial charge in [-0.3, -0.25) is 4.90 Å². The molecule has 2 saturated heterocycles. The van der Waals surface area contributed by atoms with Crippen molar-refractivity contribution < 1.29 is 15.3 Å². The highest BCUT2D eigenvalue weighted by atomic mass is 16.4. The lowest BCUT2D eigenvalue weighted by atomic mass is 10.00. The average Bonchev–Trinajstić information content (AvgIpc) is 2.93. The largest absolute Gasteiger partial charge is 0.389 e. The van der Waals surface area contributed by atoms with Crippen LogP contribution in [0.25, 0.3) is 0 Å². The van der Waals surface area contributed by atoms with Crippen LogP contribution in [0.4, 0.5) is 5.69 Å². The molecule has 3 rings (SSSR count). The first kappa shape index (κ1) is 15.6. The molecule has 2 aliphatic rings. The molecular formula is C15H24N4O3. The van der Waals surface area contributed by atoms with Gasteiger partial charge in [0, 0.05) is 32.7 Å². The zero-order valence-electron chi connectivity index (χ0n) is 12.8. The van der Waals surface area contributed by atoms with Gasteiger partial charge in [-0.1, -0.05) is 0 Å². The number of aromatic nitrogens is 2. The van der Waals surface area contributed by atoms with Crippen molar-refractivity contribution in [2.45, 2.75) is 31.7 Å². The molecule has 7 nitrogen and oxygen atoms in total. The number of aliphatic hydroxyl groups excluding tert-OH is 3. The summed E-state index contributed by atoms with van der Waals surface area (Å²) in [5.41, 5.74) is 2.07. The van der Waals surface area contributed by atoms with Crippen LogP contribution in [-0.2, 0) is 0 Å². The summed E-state index contributed by atoms with van der Waals surface area (Å²) in [6.45, 7) is 5.55. The molecule has 0 saturated carbocycles. The third-order valence-electron chi connectivity index (χ3n) is 4.71. The van der Waals surface area contributed by atoms with E-state index in [0.717, 1.165) is 37.4 Å². The number of hydrogen-bond donors (Lipinski definition) is 3. The Morgan fingerprint density at radius 3 is 2.59 bits per heavy atom. The lowest BCUT2D eigenvalue weighted by molar-refractivity contribution is -0.111. The second-order valence-corrected chi connectivity index (χ2v) is 6.44. The summed E-state index contributed by atoms with van der Waals surface area (Å²) in [5, 5.41) is 29.2. The smallest absolute Gasteiger partial charge is 0.115 e. The second-order valence-electron chi connectivity index (χ2n) is 6.44. The summed E-state index contributed by atoms with van der Waals surface area (Å²) in [5.74, 6) is 0.481. The summed E-state index contributed by atoms with van der Waals surface area (Å²) in [7, 11) is 0. The number of aryl methyl sites for hydroxylation is 1. The maximum absolute atomic E-state index is 9.78. The van der Waals surface area contributed by atoms with Crippen molar-refractivity contribution in [3.63, 3.8) is 0 Å². The highest BCUT2D eigenvalue weighted by molar-refractivity contribution is 5.48. The van der Waals surface area contributed by atoms with Gasteiger partial charge in [-0.05, 0) is 19.3 Å². The fraction of sp³-hybridized carbons (Fsp3) is 0.733. The van der Waals surface area contributed by atoms with Crippen molar-refractivity contribution in [1.29, 1.82) is 0 Å². The number of hydrogen-bond acceptors (Lipinski definition) is 7. The third kappa shape index (κ3) is 3.22. The second kappa shape index (κ2) is 6.45. The Hall–Kier alpha value is -1.28. The van der Waals surface area contributed by atoms with E-state index in [-0.39, 0.29) is 0 Å². The summed E-state index contributed by atoms with van der Waals surface area (Å²) < 4.78 is 0. The lowest BCUT2D eigenvalue weighted by Gasteiger charge is -2.38. The highest BCUT2D eigenvalue weighted by Crippen LogP contribution is 2.26. The van der Waals surface area contributed by atoms with E-state index >= 15 is 0 Å². The van der Waals surface area contributed by atoms with Gasteiger partial charge in [-0.25, -0.2) is 9.97 Å². The van der Waals surface area contributed by atoms with Crippen LogP contribution < -0.4 is 4.90 Å². The van der Waals surface area contributed by atoms with Crippen LogP contribution >= 0.6 is 0 Å². The molecule has 22 heavy (non-hydrogen) atoms. The molecule has 0 spiro atoms. The first-order valence-electron chi connectivity index (χ1n) is 7.82. The minimum Gasteiger partial charge on any atom is -0.389 e. The van der Waals surface area contributed by atoms with Crippen LogP contribution in [0.15, 0.2) is 12.5 Å². The summed E-state index contributed by atoms with van der Waals surface area (Å²) in [6, 6.07) is 0. The number of nitrogens with zero attached hydrogens (tertiary/aromatic N) is 4. The van der Waals surface area contributed by atoms with Crippen molar-refractivity contribution in [1.82, 2.24) is 14.9 Å². The Kier molecular flexibility index (Phi) is 4.58. The molecule has 3 heterocycles. The quantitative estimate of drug-likeness (QED) is 0.660. The van der Waals surface area contributed by atoms with Crippen LogP contribution in [0.2, 0.25) is 0 Å². The number of rotatable bonds is 3. The van der Waals surface area contributed by atoms with Crippen LogP contribution in [0.3, 0.4) is 0 Å². The predicted octanol–water partition coefficient (Wildman–Crippen LogP) is -0.990. The first-order valence-corrected chi connectivity index (χ1v) is 7.82. The number of piperidine rings is 1. The van der Waals surface area contributed by atoms with Crippen LogP contribution in [0, 0.1) is 12.8 Å². The number of aliphatic hydroxyl groups is 3. The van der Waals surface area contributed by atoms with Crippen molar-refractivity contribution in [3.8, 4) is 0 Å². The maximum atomic E-state index is 9.78. The predicted molar refractivity (Wildman–Crippen MR) is 81.5 cm³/mol. The van der Waals surface area contributed by atoms with E-state index in [4.69, 9.17) is 0 Å². The van der Waals surface area contributed by atoms with Gasteiger partial charge in [0.25, 0.3) is 0 Å². The Morgan fingerprint density at radius 1 is 1.18 bits per heavy atom. The van der Waals surface area contributed by atoms with E-state index in [9.17, 15) is 15.3 Å². The zero-order valence-corrected chi connectivity index (χ0v) is 12.8. The molecule has 0 amide bonds. The van der Waals surface area contributed by atoms with Crippen LogP contribution in [-0.4, -0.2) is 81.2 Å². The van der Waals surface area contributed by atoms with Crippen LogP contribution in [0.5, 0.6) is 0 Å². The lowest BCUT2D eigenvalue weighted by Crippen LogP contribution is -2.56. The van der Waals surface area contributed by atoms with Gasteiger partial charge in [0.15, 0.2) is 0 Å². The molecule has 2 fully saturated rings. The molecule has 4 atom stereocenters. The Balaban J connectivity index is 1.56. The van der Waals surface area contributed by atoms with Crippen molar-refractivity contribution >= 4 is 5.69 Å². The van der Waals surface area contributed by atoms with Crippen molar-refractivity contribution in [2.24, 2.45) is 5.92 Å². The molecule has 0 aliphatic carbocycles. The van der Waals surface area contributed by atoms with Gasteiger partial charge in [-0.2, -0.15) is 0 Å². The Labute approximate surface area is 130 Å². The highest BCUT2D eigenvalue weighted by Gasteiger charge is 2.35. The third-order valence-corrected chi connectivity index (χ3v) is 4.71. The Bertz CT molecular complexity index is 503. The number of anilines is 1. The van der Waals surface area contributed by atoms with E-state index in [2.05, 4.69) is 14.9 Å². The van der Waals surface area contributed by atoms with Gasteiger partial charge in [0.1, 0.15) is 12.4 Å². The zero-order chi connectivity index (χ0) is 15.7. The van der Waals surface area contributed by atoms with E-state index in [1.807, 2.05) is 18.0 Å². The standard InChI is InChI=1S/C15H24N4O3/c1-10-12(4-16-9-17-10)19-3-2-11(6-19)5-18-7-13(20)15(22)14(21)8-18/h4,9,11,13-15,20-22H,2-3,5-8H2,1H3/t11-,13-,14+,15?/m0/s1. The normalized spacial score (nSPS) is 33.4. The van der Waals surface area contributed by atoms with Gasteiger partial charge < -0.3 is 20.2 Å². The maximum Gasteiger partial charge on any atom is 0.115 e. The molecule has 1 aromatic rings. The molecule has 2 aliphatic heterocycles. The summed E-state index contributed by atoms with van der Waals surface area (Å²) in [6.07, 6.45) is 1.72. The van der Waals surface area contributed by atoms with Gasteiger partial charge in [0.2, 0.25) is 0 Å². The molecule has 0 bridgehead atoms. The first-order chi connectivity index (χ1) is 10.5. The van der Waals surface area contributed by atoms with E-state index in [0.29, 0.717) is 19.0 Å². The molecular weight excluding hydrogens is 284 g/mol. The average molecular weight is 308 g/mol. The fourth-order valence-corrected chi connectivity index (χ4v) is 3.48. The molecule has 0 aromatic carbocycles. The molecule has 122 valence electrons. The number of β-amino-alcohol motifs (C(OH)–C–C–N with tert-alkyl or cyclic N) is 2. The molecule has 7 heteroatoms. The van der Waals surface area contributed by atoms with E-state index < -0.39 is 18.3 Å². The fourth-order valence-electron chi connectivity index (χ4n) is 3.48. The minimum absolute atomic E-state index is 0.419. The van der Waals surface area contributed by atoms with Crippen molar-refractivity contribution in [3.05, 3.63) is 18.2 Å². The Morgan fingerprint density at radius 2 is 1.91 bits per heavy atom. The molecule has 1 unspecified atom stereocenters. The monoisotopic (exact) mass is 308 g/mol.